The number of nitrogens with zero attached hydrogens (tertiary/aromatic N) is 1. The van der Waals surface area contributed by atoms with Gasteiger partial charge in [-0.25, -0.2) is 0 Å². The van der Waals surface area contributed by atoms with Gasteiger partial charge in [0.2, 0.25) is 0 Å². The zero-order valence-corrected chi connectivity index (χ0v) is 21.3. The molecule has 0 saturated heterocycles. The largest absolute Gasteiger partial charge is 0.497 e. The number of carbonyl (C=O) groups is 2. The van der Waals surface area contributed by atoms with Gasteiger partial charge < -0.3 is 18.9 Å². The van der Waals surface area contributed by atoms with E-state index in [4.69, 9.17) is 23.9 Å². The maximum Gasteiger partial charge on any atom is 0.315 e. The van der Waals surface area contributed by atoms with E-state index in [1.807, 2.05) is 50.2 Å². The highest BCUT2D eigenvalue weighted by molar-refractivity contribution is 6.09. The molecule has 0 amide bonds. The van der Waals surface area contributed by atoms with Gasteiger partial charge in [-0.3, -0.25) is 14.6 Å². The maximum absolute atomic E-state index is 13.8. The van der Waals surface area contributed by atoms with Crippen molar-refractivity contribution in [1.29, 1.82) is 0 Å². The van der Waals surface area contributed by atoms with Crippen molar-refractivity contribution >= 4 is 17.5 Å². The van der Waals surface area contributed by atoms with Crippen molar-refractivity contribution < 1.29 is 28.5 Å². The van der Waals surface area contributed by atoms with Crippen molar-refractivity contribution in [2.45, 2.75) is 38.5 Å². The zero-order valence-electron chi connectivity index (χ0n) is 21.3. The average Bonchev–Trinajstić information content (AvgIpc) is 2.90. The SMILES string of the molecule is CCOCCOC(=O)C1C(C)=NC2=C(C(=O)C[C@@H](c3ccccc3)C2)[C@H]1c1cc(OC)ccc1OC. The van der Waals surface area contributed by atoms with Gasteiger partial charge in [0.15, 0.2) is 5.78 Å². The van der Waals surface area contributed by atoms with E-state index in [9.17, 15) is 9.59 Å². The smallest absolute Gasteiger partial charge is 0.315 e. The molecule has 0 bridgehead atoms. The van der Waals surface area contributed by atoms with Crippen LogP contribution in [0.15, 0.2) is 64.8 Å². The van der Waals surface area contributed by atoms with Crippen molar-refractivity contribution in [3.8, 4) is 11.5 Å². The Morgan fingerprint density at radius 3 is 2.50 bits per heavy atom. The van der Waals surface area contributed by atoms with E-state index >= 15 is 0 Å². The van der Waals surface area contributed by atoms with Crippen LogP contribution in [-0.4, -0.2) is 51.5 Å². The van der Waals surface area contributed by atoms with Crippen LogP contribution in [0.2, 0.25) is 0 Å². The number of ketones is 1. The molecule has 4 rings (SSSR count). The fourth-order valence-corrected chi connectivity index (χ4v) is 5.18. The van der Waals surface area contributed by atoms with Gasteiger partial charge in [0.1, 0.15) is 24.0 Å². The normalized spacial score (nSPS) is 21.5. The molecule has 1 aliphatic heterocycles. The summed E-state index contributed by atoms with van der Waals surface area (Å²) in [6.45, 7) is 4.70. The number of allylic oxidation sites excluding steroid dienone is 2. The van der Waals surface area contributed by atoms with E-state index in [2.05, 4.69) is 0 Å². The van der Waals surface area contributed by atoms with E-state index in [-0.39, 0.29) is 18.3 Å². The van der Waals surface area contributed by atoms with Crippen molar-refractivity contribution in [3.05, 3.63) is 70.9 Å². The van der Waals surface area contributed by atoms with E-state index in [1.54, 1.807) is 26.4 Å². The van der Waals surface area contributed by atoms with Crippen LogP contribution in [0, 0.1) is 5.92 Å². The number of hydrogen-bond donors (Lipinski definition) is 0. The minimum Gasteiger partial charge on any atom is -0.497 e. The summed E-state index contributed by atoms with van der Waals surface area (Å²) >= 11 is 0. The third-order valence-electron chi connectivity index (χ3n) is 6.86. The Morgan fingerprint density at radius 2 is 1.81 bits per heavy atom. The standard InChI is InChI=1S/C29H33NO6/c1-5-35-13-14-36-29(32)26-18(2)30-23-15-20(19-9-7-6-8-10-19)16-24(31)28(23)27(26)22-17-21(33-3)11-12-25(22)34-4/h6-12,17,20,26-27H,5,13-16H2,1-4H3/t20-,26?,27-/m0/s1. The number of methoxy groups -OCH3 is 2. The molecule has 0 spiro atoms. The van der Waals surface area contributed by atoms with Crippen molar-refractivity contribution in [3.63, 3.8) is 0 Å². The van der Waals surface area contributed by atoms with Crippen LogP contribution < -0.4 is 9.47 Å². The van der Waals surface area contributed by atoms with Crippen LogP contribution >= 0.6 is 0 Å². The van der Waals surface area contributed by atoms with Gasteiger partial charge in [0, 0.05) is 41.5 Å². The maximum atomic E-state index is 13.8. The van der Waals surface area contributed by atoms with Gasteiger partial charge in [-0.15, -0.1) is 0 Å². The number of aliphatic imine (C=N–C) groups is 1. The molecular formula is C29H33NO6. The Labute approximate surface area is 212 Å². The van der Waals surface area contributed by atoms with Crippen LogP contribution in [0.3, 0.4) is 0 Å². The van der Waals surface area contributed by atoms with E-state index in [0.717, 1.165) is 11.3 Å². The number of Topliss-reactive ketones (excluding diaryl/α,β-unsaturated/α-hetero) is 1. The summed E-state index contributed by atoms with van der Waals surface area (Å²) in [6, 6.07) is 15.5. The van der Waals surface area contributed by atoms with Crippen LogP contribution in [0.25, 0.3) is 0 Å². The summed E-state index contributed by atoms with van der Waals surface area (Å²) < 4.78 is 22.1. The molecule has 7 nitrogen and oxygen atoms in total. The first-order chi connectivity index (χ1) is 17.5. The summed E-state index contributed by atoms with van der Waals surface area (Å²) in [7, 11) is 3.16. The van der Waals surface area contributed by atoms with Gasteiger partial charge in [0.05, 0.1) is 20.8 Å². The highest BCUT2D eigenvalue weighted by Gasteiger charge is 2.45. The minimum atomic E-state index is -0.761. The Hall–Kier alpha value is -3.45. The molecule has 0 radical (unpaired) electrons. The summed E-state index contributed by atoms with van der Waals surface area (Å²) in [5.74, 6) is -0.570. The van der Waals surface area contributed by atoms with Crippen molar-refractivity contribution in [2.24, 2.45) is 10.9 Å². The molecule has 2 aromatic rings. The first kappa shape index (κ1) is 25.6. The Kier molecular flexibility index (Phi) is 8.21. The van der Waals surface area contributed by atoms with E-state index in [0.29, 0.717) is 54.4 Å². The van der Waals surface area contributed by atoms with Gasteiger partial charge in [-0.2, -0.15) is 0 Å². The molecule has 1 aliphatic carbocycles. The molecule has 0 N–H and O–H groups in total. The first-order valence-electron chi connectivity index (χ1n) is 12.3. The first-order valence-corrected chi connectivity index (χ1v) is 12.3. The minimum absolute atomic E-state index is 0.0108. The molecule has 2 aromatic carbocycles. The van der Waals surface area contributed by atoms with Gasteiger partial charge in [-0.05, 0) is 49.9 Å². The lowest BCUT2D eigenvalue weighted by molar-refractivity contribution is -0.148. The van der Waals surface area contributed by atoms with Gasteiger partial charge in [0.25, 0.3) is 0 Å². The second-order valence-corrected chi connectivity index (χ2v) is 8.98. The van der Waals surface area contributed by atoms with Crippen molar-refractivity contribution in [1.82, 2.24) is 0 Å². The average molecular weight is 492 g/mol. The molecule has 0 fully saturated rings. The highest BCUT2D eigenvalue weighted by Crippen LogP contribution is 2.49. The third kappa shape index (κ3) is 5.21. The molecule has 7 heteroatoms. The Balaban J connectivity index is 1.79. The quantitative estimate of drug-likeness (QED) is 0.368. The van der Waals surface area contributed by atoms with Crippen LogP contribution in [0.1, 0.15) is 49.7 Å². The van der Waals surface area contributed by atoms with E-state index < -0.39 is 17.8 Å². The van der Waals surface area contributed by atoms with Gasteiger partial charge in [-0.1, -0.05) is 30.3 Å². The molecule has 1 heterocycles. The predicted octanol–water partition coefficient (Wildman–Crippen LogP) is 4.86. The molecule has 0 aromatic heterocycles. The molecule has 3 atom stereocenters. The Bertz CT molecular complexity index is 1170. The monoisotopic (exact) mass is 491 g/mol. The number of rotatable bonds is 9. The lowest BCUT2D eigenvalue weighted by Crippen LogP contribution is -2.38. The number of ether oxygens (including phenoxy) is 4. The molecule has 36 heavy (non-hydrogen) atoms. The Morgan fingerprint density at radius 1 is 1.03 bits per heavy atom. The lowest BCUT2D eigenvalue weighted by Gasteiger charge is -2.37. The number of benzene rings is 2. The van der Waals surface area contributed by atoms with Gasteiger partial charge >= 0.3 is 5.97 Å². The second kappa shape index (κ2) is 11.5. The van der Waals surface area contributed by atoms with Crippen LogP contribution in [0.4, 0.5) is 0 Å². The summed E-state index contributed by atoms with van der Waals surface area (Å²) in [6.07, 6.45) is 0.976. The number of esters is 1. The molecule has 1 unspecified atom stereocenters. The zero-order chi connectivity index (χ0) is 25.7. The number of hydrogen-bond acceptors (Lipinski definition) is 7. The van der Waals surface area contributed by atoms with Crippen LogP contribution in [0.5, 0.6) is 11.5 Å². The third-order valence-corrected chi connectivity index (χ3v) is 6.86. The fourth-order valence-electron chi connectivity index (χ4n) is 5.18. The van der Waals surface area contributed by atoms with E-state index in [1.165, 1.54) is 0 Å². The summed E-state index contributed by atoms with van der Waals surface area (Å²) in [5, 5.41) is 0. The summed E-state index contributed by atoms with van der Waals surface area (Å²) in [4.78, 5) is 32.0. The summed E-state index contributed by atoms with van der Waals surface area (Å²) in [5.41, 5.74) is 3.72. The highest BCUT2D eigenvalue weighted by atomic mass is 16.6. The predicted molar refractivity (Wildman–Crippen MR) is 137 cm³/mol. The number of carbonyl (C=O) groups excluding carboxylic acids is 2. The second-order valence-electron chi connectivity index (χ2n) is 8.98. The van der Waals surface area contributed by atoms with Crippen molar-refractivity contribution in [2.75, 3.05) is 34.0 Å². The fraction of sp³-hybridized carbons (Fsp3) is 0.414. The lowest BCUT2D eigenvalue weighted by atomic mass is 9.69. The molecule has 0 saturated carbocycles. The molecule has 2 aliphatic rings. The molecule has 190 valence electrons. The topological polar surface area (TPSA) is 83.4 Å². The van der Waals surface area contributed by atoms with Crippen LogP contribution in [-0.2, 0) is 19.1 Å². The molecular weight excluding hydrogens is 458 g/mol.